The molecule has 1 heterocycles. The number of nitrogens with two attached hydrogens (primary N) is 2. The summed E-state index contributed by atoms with van der Waals surface area (Å²) in [5.41, 5.74) is 16.3. The van der Waals surface area contributed by atoms with Gasteiger partial charge in [0.1, 0.15) is 24.8 Å². The van der Waals surface area contributed by atoms with Gasteiger partial charge in [-0.1, -0.05) is 57.6 Å². The molecule has 0 aliphatic heterocycles. The van der Waals surface area contributed by atoms with Gasteiger partial charge in [0.15, 0.2) is 0 Å². The van der Waals surface area contributed by atoms with Crippen molar-refractivity contribution in [1.82, 2.24) is 9.55 Å². The summed E-state index contributed by atoms with van der Waals surface area (Å²) >= 11 is 0. The molecule has 2 fully saturated rings. The van der Waals surface area contributed by atoms with Gasteiger partial charge in [-0.05, 0) is 80.4 Å². The summed E-state index contributed by atoms with van der Waals surface area (Å²) in [6, 6.07) is 7.55. The monoisotopic (exact) mass is 546 g/mol. The van der Waals surface area contributed by atoms with E-state index in [2.05, 4.69) is 59.8 Å². The molecule has 8 atom stereocenters. The molecule has 4 N–H and O–H groups in total. The molecule has 4 aliphatic carbocycles. The second-order valence-corrected chi connectivity index (χ2v) is 12.9. The van der Waals surface area contributed by atoms with E-state index in [0.29, 0.717) is 17.8 Å². The molecule has 7 nitrogen and oxygen atoms in total. The largest absolute Gasteiger partial charge is 0.461 e. The molecular formula is C33H46N4O3. The zero-order valence-corrected chi connectivity index (χ0v) is 24.5. The van der Waals surface area contributed by atoms with E-state index in [1.54, 1.807) is 6.92 Å². The second kappa shape index (κ2) is 11.2. The van der Waals surface area contributed by atoms with Crippen LogP contribution in [0.15, 0.2) is 48.3 Å². The van der Waals surface area contributed by atoms with Crippen LogP contribution in [0.3, 0.4) is 0 Å². The highest BCUT2D eigenvalue weighted by Gasteiger charge is 2.57. The summed E-state index contributed by atoms with van der Waals surface area (Å²) in [6.45, 7) is 9.27. The number of imidazole rings is 1. The highest BCUT2D eigenvalue weighted by atomic mass is 16.5. The number of benzene rings is 1. The molecule has 6 rings (SSSR count). The smallest absolute Gasteiger partial charge is 0.323 e. The molecule has 7 heteroatoms. The number of hydrogen-bond donors (Lipinski definition) is 2. The van der Waals surface area contributed by atoms with Crippen molar-refractivity contribution in [3.05, 3.63) is 48.3 Å². The molecule has 4 aliphatic rings. The van der Waals surface area contributed by atoms with Crippen molar-refractivity contribution >= 4 is 29.0 Å². The van der Waals surface area contributed by atoms with Crippen LogP contribution in [0.5, 0.6) is 0 Å². The van der Waals surface area contributed by atoms with Gasteiger partial charge < -0.3 is 25.6 Å². The van der Waals surface area contributed by atoms with Crippen molar-refractivity contribution in [3.8, 4) is 0 Å². The Labute approximate surface area is 238 Å². The van der Waals surface area contributed by atoms with Gasteiger partial charge in [0.25, 0.3) is 0 Å². The molecule has 40 heavy (non-hydrogen) atoms. The van der Waals surface area contributed by atoms with E-state index in [4.69, 9.17) is 16.2 Å². The molecule has 1 aromatic heterocycles. The Morgan fingerprint density at radius 2 is 1.88 bits per heavy atom. The van der Waals surface area contributed by atoms with Crippen LogP contribution in [0.25, 0.3) is 16.7 Å². The third kappa shape index (κ3) is 4.75. The Kier molecular flexibility index (Phi) is 8.08. The first-order valence-corrected chi connectivity index (χ1v) is 15.1. The summed E-state index contributed by atoms with van der Waals surface area (Å²) in [5, 5.41) is 0. The Bertz CT molecular complexity index is 1310. The Hall–Kier alpha value is -2.77. The summed E-state index contributed by atoms with van der Waals surface area (Å²) < 4.78 is 8.15. The van der Waals surface area contributed by atoms with Crippen LogP contribution in [-0.4, -0.2) is 40.5 Å². The van der Waals surface area contributed by atoms with E-state index < -0.39 is 17.9 Å². The van der Waals surface area contributed by atoms with Crippen molar-refractivity contribution in [2.24, 2.45) is 46.0 Å². The van der Waals surface area contributed by atoms with Crippen molar-refractivity contribution in [2.45, 2.75) is 84.8 Å². The lowest BCUT2D eigenvalue weighted by Gasteiger charge is -2.57. The number of carbonyl (C=O) groups is 2. The maximum atomic E-state index is 12.5. The lowest BCUT2D eigenvalue weighted by molar-refractivity contribution is -0.154. The number of fused-ring (bicyclic) bond motifs is 6. The van der Waals surface area contributed by atoms with Gasteiger partial charge in [-0.15, -0.1) is 0 Å². The summed E-state index contributed by atoms with van der Waals surface area (Å²) in [6.07, 6.45) is 14.9. The van der Waals surface area contributed by atoms with Gasteiger partial charge >= 0.3 is 5.97 Å². The maximum Gasteiger partial charge on any atom is 0.323 e. The third-order valence-corrected chi connectivity index (χ3v) is 10.6. The van der Waals surface area contributed by atoms with Crippen LogP contribution in [-0.2, 0) is 14.3 Å². The van der Waals surface area contributed by atoms with E-state index in [9.17, 15) is 9.59 Å². The van der Waals surface area contributed by atoms with E-state index in [1.165, 1.54) is 29.6 Å². The lowest BCUT2D eigenvalue weighted by Crippen LogP contribution is -2.50. The van der Waals surface area contributed by atoms with Crippen LogP contribution in [0.2, 0.25) is 0 Å². The fourth-order valence-corrected chi connectivity index (χ4v) is 8.34. The number of ether oxygens (including phenoxy) is 1. The van der Waals surface area contributed by atoms with Gasteiger partial charge in [-0.2, -0.15) is 0 Å². The Balaban J connectivity index is 0.00000103. The van der Waals surface area contributed by atoms with Crippen LogP contribution < -0.4 is 11.5 Å². The van der Waals surface area contributed by atoms with E-state index in [-0.39, 0.29) is 16.9 Å². The van der Waals surface area contributed by atoms with Gasteiger partial charge in [0.05, 0.1) is 11.0 Å². The van der Waals surface area contributed by atoms with E-state index in [0.717, 1.165) is 50.5 Å². The van der Waals surface area contributed by atoms with Gasteiger partial charge in [0.2, 0.25) is 0 Å². The predicted molar refractivity (Wildman–Crippen MR) is 159 cm³/mol. The zero-order chi connectivity index (χ0) is 28.7. The summed E-state index contributed by atoms with van der Waals surface area (Å²) in [4.78, 5) is 28.2. The standard InChI is InChI=1S/C31H39N3O3.C2H7N/c1-19(17-35)28(32)29(36)37-21-12-14-30(2)20(16-21)8-9-22-23-10-11-27(31(23,3)15-13-24(22)30)34-18-33-25-6-4-5-7-26(25)34;1-2-3/h4-8,11,17-19,21-24,28H,9-10,12-16,32H2,1-3H3;2-3H2,1H3. The number of aromatic nitrogens is 2. The third-order valence-electron chi connectivity index (χ3n) is 10.6. The topological polar surface area (TPSA) is 113 Å². The number of allylic oxidation sites excluding steroid dienone is 3. The van der Waals surface area contributed by atoms with Crippen LogP contribution in [0, 0.1) is 34.5 Å². The van der Waals surface area contributed by atoms with Gasteiger partial charge in [0, 0.05) is 23.5 Å². The highest BCUT2D eigenvalue weighted by molar-refractivity contribution is 5.81. The predicted octanol–water partition coefficient (Wildman–Crippen LogP) is 5.49. The van der Waals surface area contributed by atoms with Crippen LogP contribution >= 0.6 is 0 Å². The molecule has 0 spiro atoms. The molecule has 1 aromatic carbocycles. The van der Waals surface area contributed by atoms with Gasteiger partial charge in [-0.25, -0.2) is 4.98 Å². The minimum atomic E-state index is -0.886. The fraction of sp³-hybridized carbons (Fsp3) is 0.606. The Morgan fingerprint density at radius 1 is 1.15 bits per heavy atom. The summed E-state index contributed by atoms with van der Waals surface area (Å²) in [5.74, 6) is 0.976. The molecule has 0 radical (unpaired) electrons. The molecule has 216 valence electrons. The van der Waals surface area contributed by atoms with Crippen molar-refractivity contribution in [2.75, 3.05) is 6.54 Å². The molecule has 2 aromatic rings. The number of esters is 1. The number of carbonyl (C=O) groups excluding carboxylic acids is 2. The van der Waals surface area contributed by atoms with Crippen molar-refractivity contribution in [3.63, 3.8) is 0 Å². The molecule has 8 unspecified atom stereocenters. The minimum absolute atomic E-state index is 0.142. The lowest BCUT2D eigenvalue weighted by atomic mass is 9.47. The highest BCUT2D eigenvalue weighted by Crippen LogP contribution is 2.65. The maximum absolute atomic E-state index is 12.5. The Morgan fingerprint density at radius 3 is 2.62 bits per heavy atom. The quantitative estimate of drug-likeness (QED) is 0.291. The second-order valence-electron chi connectivity index (χ2n) is 12.9. The minimum Gasteiger partial charge on any atom is -0.461 e. The van der Waals surface area contributed by atoms with E-state index >= 15 is 0 Å². The molecular weight excluding hydrogens is 500 g/mol. The first-order valence-electron chi connectivity index (χ1n) is 15.1. The van der Waals surface area contributed by atoms with Crippen molar-refractivity contribution < 1.29 is 14.3 Å². The number of aldehydes is 1. The summed E-state index contributed by atoms with van der Waals surface area (Å²) in [7, 11) is 0. The van der Waals surface area contributed by atoms with Crippen LogP contribution in [0.4, 0.5) is 0 Å². The molecule has 0 amide bonds. The van der Waals surface area contributed by atoms with Gasteiger partial charge in [-0.3, -0.25) is 4.79 Å². The molecule has 2 saturated carbocycles. The number of rotatable bonds is 5. The fourth-order valence-electron chi connectivity index (χ4n) is 8.34. The number of nitrogens with zero attached hydrogens (tertiary/aromatic N) is 2. The number of para-hydroxylation sites is 2. The van der Waals surface area contributed by atoms with E-state index in [1.807, 2.05) is 13.3 Å². The number of hydrogen-bond acceptors (Lipinski definition) is 6. The molecule has 0 bridgehead atoms. The zero-order valence-electron chi connectivity index (χ0n) is 24.5. The SMILES string of the molecule is CC(C=O)C(N)C(=O)OC1CCC2(C)C(=CCC3C2CCC2(C)C(n4cnc5ccccc54)=CCC32)C1.CCN. The first kappa shape index (κ1) is 28.7. The average molecular weight is 547 g/mol. The van der Waals surface area contributed by atoms with Crippen LogP contribution in [0.1, 0.15) is 72.6 Å². The molecule has 0 saturated heterocycles. The normalized spacial score (nSPS) is 34.1. The first-order chi connectivity index (χ1) is 19.2. The average Bonchev–Trinajstić information content (AvgIpc) is 3.53. The van der Waals surface area contributed by atoms with Crippen molar-refractivity contribution in [1.29, 1.82) is 0 Å².